The number of thioether (sulfide) groups is 1. The first kappa shape index (κ1) is 20.9. The Labute approximate surface area is 175 Å². The molecule has 0 saturated heterocycles. The average Bonchev–Trinajstić information content (AvgIpc) is 3.16. The predicted molar refractivity (Wildman–Crippen MR) is 117 cm³/mol. The van der Waals surface area contributed by atoms with E-state index in [-0.39, 0.29) is 11.7 Å². The van der Waals surface area contributed by atoms with E-state index in [1.165, 1.54) is 17.3 Å². The van der Waals surface area contributed by atoms with Crippen LogP contribution in [0.3, 0.4) is 0 Å². The molecule has 0 aliphatic heterocycles. The quantitative estimate of drug-likeness (QED) is 0.519. The van der Waals surface area contributed by atoms with Crippen LogP contribution in [0.15, 0.2) is 47.6 Å². The van der Waals surface area contributed by atoms with Crippen molar-refractivity contribution in [2.75, 3.05) is 11.1 Å². The average molecular weight is 411 g/mol. The van der Waals surface area contributed by atoms with Crippen LogP contribution in [0.4, 0.5) is 5.69 Å². The number of benzene rings is 2. The summed E-state index contributed by atoms with van der Waals surface area (Å²) in [7, 11) is 0. The van der Waals surface area contributed by atoms with E-state index in [0.29, 0.717) is 23.5 Å². The van der Waals surface area contributed by atoms with Crippen LogP contribution >= 0.6 is 11.8 Å². The summed E-state index contributed by atoms with van der Waals surface area (Å²) in [4.78, 5) is 16.6. The molecule has 0 unspecified atom stereocenters. The molecular formula is C22H26N4O2S. The third kappa shape index (κ3) is 6.09. The first-order valence-electron chi connectivity index (χ1n) is 9.54. The number of aromatic nitrogens is 3. The number of hydrogen-bond donors (Lipinski definition) is 2. The Hall–Kier alpha value is -2.80. The van der Waals surface area contributed by atoms with E-state index in [4.69, 9.17) is 4.74 Å². The predicted octanol–water partition coefficient (Wildman–Crippen LogP) is 4.85. The molecule has 1 aromatic heterocycles. The van der Waals surface area contributed by atoms with Crippen molar-refractivity contribution in [1.29, 1.82) is 0 Å². The van der Waals surface area contributed by atoms with Gasteiger partial charge in [0.15, 0.2) is 5.82 Å². The number of nitrogens with one attached hydrogen (secondary N) is 2. The third-order valence-electron chi connectivity index (χ3n) is 4.43. The van der Waals surface area contributed by atoms with Gasteiger partial charge in [-0.25, -0.2) is 4.98 Å². The molecule has 152 valence electrons. The van der Waals surface area contributed by atoms with Crippen LogP contribution in [0.1, 0.15) is 42.3 Å². The van der Waals surface area contributed by atoms with Gasteiger partial charge in [-0.1, -0.05) is 49.9 Å². The fourth-order valence-electron chi connectivity index (χ4n) is 2.69. The van der Waals surface area contributed by atoms with E-state index in [0.717, 1.165) is 22.6 Å². The molecule has 0 aliphatic rings. The molecule has 0 atom stereocenters. The maximum atomic E-state index is 12.2. The number of carbonyl (C=O) groups excluding carboxylic acids is 1. The Morgan fingerprint density at radius 1 is 1.17 bits per heavy atom. The Kier molecular flexibility index (Phi) is 6.93. The van der Waals surface area contributed by atoms with Gasteiger partial charge < -0.3 is 10.1 Å². The Morgan fingerprint density at radius 3 is 2.66 bits per heavy atom. The second kappa shape index (κ2) is 9.60. The van der Waals surface area contributed by atoms with Crippen molar-refractivity contribution in [1.82, 2.24) is 15.2 Å². The van der Waals surface area contributed by atoms with Crippen LogP contribution in [0.25, 0.3) is 0 Å². The summed E-state index contributed by atoms with van der Waals surface area (Å²) in [6.45, 7) is 8.58. The van der Waals surface area contributed by atoms with Crippen molar-refractivity contribution in [3.63, 3.8) is 0 Å². The Bertz CT molecular complexity index is 967. The molecule has 1 amide bonds. The molecule has 1 heterocycles. The standard InChI is InChI=1S/C22H26N4O2S/c1-14(2)17-7-9-18(10-8-17)28-12-20-24-22(26-25-20)29-13-21(27)23-19-11-15(3)5-6-16(19)4/h5-11,14H,12-13H2,1-4H3,(H,23,27)(H,24,25,26). The maximum absolute atomic E-state index is 12.2. The third-order valence-corrected chi connectivity index (χ3v) is 5.28. The molecule has 3 rings (SSSR count). The molecule has 0 spiro atoms. The highest BCUT2D eigenvalue weighted by Gasteiger charge is 2.10. The second-order valence-electron chi connectivity index (χ2n) is 7.23. The van der Waals surface area contributed by atoms with Gasteiger partial charge in [-0.15, -0.1) is 5.10 Å². The Balaban J connectivity index is 1.47. The molecule has 6 nitrogen and oxygen atoms in total. The van der Waals surface area contributed by atoms with Crippen LogP contribution in [-0.2, 0) is 11.4 Å². The Morgan fingerprint density at radius 2 is 1.93 bits per heavy atom. The zero-order chi connectivity index (χ0) is 20.8. The lowest BCUT2D eigenvalue weighted by molar-refractivity contribution is -0.113. The van der Waals surface area contributed by atoms with Crippen LogP contribution < -0.4 is 10.1 Å². The van der Waals surface area contributed by atoms with Gasteiger partial charge >= 0.3 is 0 Å². The smallest absolute Gasteiger partial charge is 0.234 e. The molecular weight excluding hydrogens is 384 g/mol. The molecule has 0 aliphatic carbocycles. The lowest BCUT2D eigenvalue weighted by Crippen LogP contribution is -2.15. The molecule has 29 heavy (non-hydrogen) atoms. The number of hydrogen-bond acceptors (Lipinski definition) is 5. The summed E-state index contributed by atoms with van der Waals surface area (Å²) in [6.07, 6.45) is 0. The van der Waals surface area contributed by atoms with E-state index in [1.807, 2.05) is 44.2 Å². The molecule has 2 aromatic carbocycles. The maximum Gasteiger partial charge on any atom is 0.234 e. The summed E-state index contributed by atoms with van der Waals surface area (Å²) >= 11 is 1.28. The molecule has 7 heteroatoms. The number of aryl methyl sites for hydroxylation is 2. The lowest BCUT2D eigenvalue weighted by Gasteiger charge is -2.08. The van der Waals surface area contributed by atoms with Gasteiger partial charge in [0.05, 0.1) is 5.75 Å². The lowest BCUT2D eigenvalue weighted by atomic mass is 10.0. The largest absolute Gasteiger partial charge is 0.486 e. The van der Waals surface area contributed by atoms with Gasteiger partial charge in [-0.2, -0.15) is 0 Å². The van der Waals surface area contributed by atoms with Crippen LogP contribution in [0.2, 0.25) is 0 Å². The van der Waals surface area contributed by atoms with Crippen LogP contribution in [-0.4, -0.2) is 26.8 Å². The van der Waals surface area contributed by atoms with Crippen LogP contribution in [0.5, 0.6) is 5.75 Å². The highest BCUT2D eigenvalue weighted by atomic mass is 32.2. The molecule has 0 radical (unpaired) electrons. The summed E-state index contributed by atoms with van der Waals surface area (Å²) in [5, 5.41) is 10.5. The zero-order valence-corrected chi connectivity index (χ0v) is 18.0. The van der Waals surface area contributed by atoms with Crippen molar-refractivity contribution < 1.29 is 9.53 Å². The number of anilines is 1. The number of H-pyrrole nitrogens is 1. The molecule has 3 aromatic rings. The van der Waals surface area contributed by atoms with Gasteiger partial charge in [0.25, 0.3) is 0 Å². The molecule has 0 bridgehead atoms. The summed E-state index contributed by atoms with van der Waals surface area (Å²) in [5.74, 6) is 2.05. The normalized spacial score (nSPS) is 10.9. The van der Waals surface area contributed by atoms with E-state index in [2.05, 4.69) is 46.5 Å². The second-order valence-corrected chi connectivity index (χ2v) is 8.17. The van der Waals surface area contributed by atoms with Gasteiger partial charge in [-0.05, 0) is 54.7 Å². The zero-order valence-electron chi connectivity index (χ0n) is 17.2. The number of aromatic amines is 1. The van der Waals surface area contributed by atoms with Crippen molar-refractivity contribution in [2.45, 2.75) is 45.4 Å². The minimum atomic E-state index is -0.0865. The molecule has 2 N–H and O–H groups in total. The van der Waals surface area contributed by atoms with Crippen molar-refractivity contribution >= 4 is 23.4 Å². The number of carbonyl (C=O) groups is 1. The first-order chi connectivity index (χ1) is 13.9. The van der Waals surface area contributed by atoms with Gasteiger partial charge in [-0.3, -0.25) is 9.89 Å². The topological polar surface area (TPSA) is 79.9 Å². The number of ether oxygens (including phenoxy) is 1. The van der Waals surface area contributed by atoms with Crippen molar-refractivity contribution in [3.8, 4) is 5.75 Å². The van der Waals surface area contributed by atoms with E-state index < -0.39 is 0 Å². The van der Waals surface area contributed by atoms with Crippen molar-refractivity contribution in [3.05, 3.63) is 65.0 Å². The number of nitrogens with zero attached hydrogens (tertiary/aromatic N) is 2. The minimum Gasteiger partial charge on any atom is -0.486 e. The monoisotopic (exact) mass is 410 g/mol. The van der Waals surface area contributed by atoms with Crippen molar-refractivity contribution in [2.24, 2.45) is 0 Å². The van der Waals surface area contributed by atoms with Crippen LogP contribution in [0, 0.1) is 13.8 Å². The van der Waals surface area contributed by atoms with Gasteiger partial charge in [0, 0.05) is 5.69 Å². The van der Waals surface area contributed by atoms with E-state index >= 15 is 0 Å². The van der Waals surface area contributed by atoms with E-state index in [1.54, 1.807) is 0 Å². The summed E-state index contributed by atoms with van der Waals surface area (Å²) in [5.41, 5.74) is 4.25. The summed E-state index contributed by atoms with van der Waals surface area (Å²) in [6, 6.07) is 14.0. The van der Waals surface area contributed by atoms with Gasteiger partial charge in [0.2, 0.25) is 11.1 Å². The highest BCUT2D eigenvalue weighted by molar-refractivity contribution is 7.99. The summed E-state index contributed by atoms with van der Waals surface area (Å²) < 4.78 is 5.75. The highest BCUT2D eigenvalue weighted by Crippen LogP contribution is 2.20. The fourth-order valence-corrected chi connectivity index (χ4v) is 3.31. The first-order valence-corrected chi connectivity index (χ1v) is 10.5. The minimum absolute atomic E-state index is 0.0865. The molecule has 0 saturated carbocycles. The number of amides is 1. The van der Waals surface area contributed by atoms with E-state index in [9.17, 15) is 4.79 Å². The molecule has 0 fully saturated rings. The number of rotatable bonds is 8. The fraction of sp³-hybridized carbons (Fsp3) is 0.318. The van der Waals surface area contributed by atoms with Gasteiger partial charge in [0.1, 0.15) is 12.4 Å². The SMILES string of the molecule is Cc1ccc(C)c(NC(=O)CSc2n[nH]c(COc3ccc(C(C)C)cc3)n2)c1.